The van der Waals surface area contributed by atoms with E-state index < -0.39 is 18.2 Å². The summed E-state index contributed by atoms with van der Waals surface area (Å²) in [5.41, 5.74) is 3.56. The van der Waals surface area contributed by atoms with E-state index in [4.69, 9.17) is 4.74 Å². The van der Waals surface area contributed by atoms with Gasteiger partial charge in [0.05, 0.1) is 24.3 Å². The molecule has 5 rings (SSSR count). The van der Waals surface area contributed by atoms with Crippen molar-refractivity contribution >= 4 is 17.0 Å². The van der Waals surface area contributed by atoms with Gasteiger partial charge in [0.15, 0.2) is 0 Å². The second kappa shape index (κ2) is 18.0. The number of benzene rings is 4. The zero-order valence-corrected chi connectivity index (χ0v) is 27.9. The van der Waals surface area contributed by atoms with Crippen molar-refractivity contribution in [3.63, 3.8) is 0 Å². The number of nitrogens with one attached hydrogen (secondary N) is 3. The molecule has 0 fully saturated rings. The van der Waals surface area contributed by atoms with E-state index >= 15 is 0 Å². The lowest BCUT2D eigenvalue weighted by molar-refractivity contribution is 0.176. The lowest BCUT2D eigenvalue weighted by atomic mass is 9.94. The van der Waals surface area contributed by atoms with Crippen LogP contribution in [0.1, 0.15) is 73.8 Å². The molecule has 1 unspecified atom stereocenters. The van der Waals surface area contributed by atoms with Gasteiger partial charge in [-0.3, -0.25) is 4.79 Å². The molecule has 0 bridgehead atoms. The molecule has 1 heterocycles. The predicted octanol–water partition coefficient (Wildman–Crippen LogP) is 7.83. The molecule has 0 saturated carbocycles. The number of aliphatic hydroxyl groups is 1. The Bertz CT molecular complexity index is 1920. The topological polar surface area (TPSA) is 144 Å². The highest BCUT2D eigenvalue weighted by Gasteiger charge is 2.19. The van der Waals surface area contributed by atoms with E-state index in [1.165, 1.54) is 24.3 Å². The summed E-state index contributed by atoms with van der Waals surface area (Å²) in [6, 6.07) is 26.7. The number of aromatic amines is 1. The molecule has 0 saturated heterocycles. The number of hydrogen-bond acceptors (Lipinski definition) is 6. The highest BCUT2D eigenvalue weighted by atomic mass is 19.1. The first-order valence-corrected chi connectivity index (χ1v) is 17.1. The van der Waals surface area contributed by atoms with Gasteiger partial charge in [-0.2, -0.15) is 0 Å². The molecule has 50 heavy (non-hydrogen) atoms. The Morgan fingerprint density at radius 1 is 0.800 bits per heavy atom. The maximum absolute atomic E-state index is 14.1. The van der Waals surface area contributed by atoms with Crippen molar-refractivity contribution in [3.05, 3.63) is 130 Å². The average molecular weight is 682 g/mol. The number of phenolic OH excluding ortho intramolecular Hbond substituents is 1. The number of phenols is 1. The van der Waals surface area contributed by atoms with Crippen LogP contribution in [-0.2, 0) is 0 Å². The van der Waals surface area contributed by atoms with Crippen molar-refractivity contribution in [3.8, 4) is 22.6 Å². The second-order valence-electron chi connectivity index (χ2n) is 12.4. The van der Waals surface area contributed by atoms with Crippen molar-refractivity contribution in [2.45, 2.75) is 57.1 Å². The summed E-state index contributed by atoms with van der Waals surface area (Å²) < 4.78 is 20.3. The van der Waals surface area contributed by atoms with Gasteiger partial charge < -0.3 is 35.7 Å². The molecule has 6 N–H and O–H groups in total. The number of aliphatic hydroxyl groups excluding tert-OH is 1. The molecule has 0 radical (unpaired) electrons. The number of halogens is 1. The zero-order valence-electron chi connectivity index (χ0n) is 27.9. The van der Waals surface area contributed by atoms with E-state index in [-0.39, 0.29) is 17.1 Å². The average Bonchev–Trinajstić information content (AvgIpc) is 3.11. The largest absolute Gasteiger partial charge is 0.506 e. The highest BCUT2D eigenvalue weighted by Crippen LogP contribution is 2.33. The number of carboxylic acid groups (broad SMARTS) is 1. The molecule has 0 aliphatic carbocycles. The number of amides is 1. The van der Waals surface area contributed by atoms with Gasteiger partial charge in [-0.15, -0.1) is 0 Å². The molecule has 1 aromatic heterocycles. The van der Waals surface area contributed by atoms with Crippen LogP contribution in [0, 0.1) is 5.82 Å². The van der Waals surface area contributed by atoms with Crippen LogP contribution in [0.5, 0.6) is 11.5 Å². The van der Waals surface area contributed by atoms with Gasteiger partial charge in [0.1, 0.15) is 17.3 Å². The van der Waals surface area contributed by atoms with Crippen molar-refractivity contribution in [2.24, 2.45) is 0 Å². The molecule has 1 amide bonds. The number of aromatic hydroxyl groups is 1. The minimum Gasteiger partial charge on any atom is -0.506 e. The number of pyridine rings is 1. The monoisotopic (exact) mass is 681 g/mol. The summed E-state index contributed by atoms with van der Waals surface area (Å²) in [7, 11) is 0. The molecule has 9 nitrogen and oxygen atoms in total. The van der Waals surface area contributed by atoms with Gasteiger partial charge in [-0.1, -0.05) is 80.6 Å². The molecular weight excluding hydrogens is 637 g/mol. The molecule has 262 valence electrons. The number of unbranched alkanes of at least 4 members (excludes halogenated alkanes) is 6. The van der Waals surface area contributed by atoms with Crippen LogP contribution in [0.15, 0.2) is 102 Å². The van der Waals surface area contributed by atoms with E-state index in [0.717, 1.165) is 62.6 Å². The van der Waals surface area contributed by atoms with Crippen LogP contribution in [-0.4, -0.2) is 46.1 Å². The lowest BCUT2D eigenvalue weighted by Crippen LogP contribution is -2.27. The number of fused-ring (bicyclic) bond motifs is 1. The van der Waals surface area contributed by atoms with E-state index in [0.29, 0.717) is 46.5 Å². The summed E-state index contributed by atoms with van der Waals surface area (Å²) in [5, 5.41) is 36.9. The number of H-pyrrole nitrogens is 1. The third kappa shape index (κ3) is 10.2. The molecule has 0 aliphatic rings. The van der Waals surface area contributed by atoms with Crippen LogP contribution in [0.25, 0.3) is 22.0 Å². The first kappa shape index (κ1) is 36.1. The number of rotatable bonds is 18. The van der Waals surface area contributed by atoms with Crippen LogP contribution >= 0.6 is 0 Å². The maximum atomic E-state index is 14.1. The summed E-state index contributed by atoms with van der Waals surface area (Å²) in [5.74, 6) is 0.217. The van der Waals surface area contributed by atoms with Crippen LogP contribution < -0.4 is 20.9 Å². The third-order valence-corrected chi connectivity index (χ3v) is 8.69. The van der Waals surface area contributed by atoms with Gasteiger partial charge >= 0.3 is 6.09 Å². The molecular formula is C40H44FN3O6. The third-order valence-electron chi connectivity index (χ3n) is 8.69. The zero-order chi connectivity index (χ0) is 35.3. The highest BCUT2D eigenvalue weighted by molar-refractivity contribution is 5.87. The van der Waals surface area contributed by atoms with Gasteiger partial charge in [0.25, 0.3) is 0 Å². The van der Waals surface area contributed by atoms with Gasteiger partial charge in [-0.25, -0.2) is 9.18 Å². The van der Waals surface area contributed by atoms with Crippen molar-refractivity contribution in [2.75, 3.05) is 19.7 Å². The summed E-state index contributed by atoms with van der Waals surface area (Å²) >= 11 is 0. The first-order chi connectivity index (χ1) is 24.3. The summed E-state index contributed by atoms with van der Waals surface area (Å²) in [4.78, 5) is 26.0. The van der Waals surface area contributed by atoms with E-state index in [1.54, 1.807) is 18.2 Å². The normalized spacial score (nSPS) is 12.4. The molecule has 10 heteroatoms. The lowest BCUT2D eigenvalue weighted by Gasteiger charge is -2.20. The Hall–Kier alpha value is -5.19. The van der Waals surface area contributed by atoms with Crippen LogP contribution in [0.4, 0.5) is 9.18 Å². The van der Waals surface area contributed by atoms with Gasteiger partial charge in [0.2, 0.25) is 5.56 Å². The smallest absolute Gasteiger partial charge is 0.405 e. The number of ether oxygens (including phenoxy) is 1. The van der Waals surface area contributed by atoms with Gasteiger partial charge in [0, 0.05) is 18.0 Å². The Morgan fingerprint density at radius 3 is 2.32 bits per heavy atom. The fourth-order valence-corrected chi connectivity index (χ4v) is 6.16. The minimum absolute atomic E-state index is 0.0277. The van der Waals surface area contributed by atoms with Crippen molar-refractivity contribution in [1.29, 1.82) is 0 Å². The second-order valence-corrected chi connectivity index (χ2v) is 12.4. The summed E-state index contributed by atoms with van der Waals surface area (Å²) in [6.07, 6.45) is 5.33. The molecule has 0 spiro atoms. The van der Waals surface area contributed by atoms with Crippen molar-refractivity contribution in [1.82, 2.24) is 15.6 Å². The fourth-order valence-electron chi connectivity index (χ4n) is 6.16. The van der Waals surface area contributed by atoms with E-state index in [2.05, 4.69) is 15.6 Å². The predicted molar refractivity (Wildman–Crippen MR) is 193 cm³/mol. The Balaban J connectivity index is 1.04. The number of aromatic nitrogens is 1. The standard InChI is InChI=1S/C40H44FN3O6/c41-31-15-11-14-28(23-31)29-22-30(38(44-40(48)49)27-12-7-6-8-13-27)25-32(24-29)50-21-10-5-3-1-2-4-9-20-42-26-36(46)33-16-18-35(45)39-34(33)17-19-37(47)43-39/h6-8,11-19,22-25,36,38,42,44-46H,1-5,9-10,20-21,26H2,(H,43,47)(H,48,49)/t36-,38?/m0/s1. The van der Waals surface area contributed by atoms with E-state index in [9.17, 15) is 29.3 Å². The van der Waals surface area contributed by atoms with Crippen LogP contribution in [0.2, 0.25) is 0 Å². The summed E-state index contributed by atoms with van der Waals surface area (Å²) in [6.45, 7) is 1.66. The maximum Gasteiger partial charge on any atom is 0.405 e. The molecule has 0 aliphatic heterocycles. The number of carbonyl (C=O) groups is 1. The first-order valence-electron chi connectivity index (χ1n) is 17.1. The Labute approximate surface area is 290 Å². The minimum atomic E-state index is -1.15. The SMILES string of the molecule is O=C(O)NC(c1ccccc1)c1cc(OCCCCCCCCCNC[C@H](O)c2ccc(O)c3[nH]c(=O)ccc23)cc(-c2cccc(F)c2)c1. The molecule has 2 atom stereocenters. The molecule has 5 aromatic rings. The fraction of sp³-hybridized carbons (Fsp3) is 0.300. The van der Waals surface area contributed by atoms with Crippen LogP contribution in [0.3, 0.4) is 0 Å². The molecule has 4 aromatic carbocycles. The Kier molecular flexibility index (Phi) is 13.0. The quantitative estimate of drug-likeness (QED) is 0.0518. The van der Waals surface area contributed by atoms with Crippen molar-refractivity contribution < 1.29 is 29.2 Å². The van der Waals surface area contributed by atoms with E-state index in [1.807, 2.05) is 54.6 Å². The number of hydrogen-bond donors (Lipinski definition) is 6. The Morgan fingerprint density at radius 2 is 1.56 bits per heavy atom. The van der Waals surface area contributed by atoms with Gasteiger partial charge in [-0.05, 0) is 89.7 Å².